The predicted molar refractivity (Wildman–Crippen MR) is 236 cm³/mol. The second kappa shape index (κ2) is 21.0. The standard InChI is InChI=1S/C19H23BrN2O6S.C14H14BrClN2O5S.C5H10O/c1-6-14(23)16-11-8-12(20)13(22(4)29(5,24)25)9-15(11)27-18(16)17-10(3)19(26-7-2)28-21-17;1-4-10(19)12-7-5-8(15)9(18(2)24(3,21)22)6-11(7)23-13(12)14(16)17-20;1-3-5-6-4-2/h8-10,19H,6-7H2,1-5H3;5-6,20H,4H2,1-3H3;3,5H,4H2,1-2H3/b;17-14-;5-3+. The molecule has 2 atom stereocenters. The largest absolute Gasteiger partial charge is 0.502 e. The minimum Gasteiger partial charge on any atom is -0.502 e. The number of ketones is 2. The van der Waals surface area contributed by atoms with E-state index in [9.17, 15) is 26.4 Å². The number of ether oxygens (including phenoxy) is 2. The minimum atomic E-state index is -3.49. The smallest absolute Gasteiger partial charge is 0.235 e. The average Bonchev–Trinajstić information content (AvgIpc) is 3.86. The number of fused-ring (bicyclic) bond motifs is 2. The average molecular weight is 1010 g/mol. The quantitative estimate of drug-likeness (QED) is 0.0413. The number of carbonyl (C=O) groups is 2. The lowest BCUT2D eigenvalue weighted by Crippen LogP contribution is -2.25. The van der Waals surface area contributed by atoms with Crippen LogP contribution in [0, 0.1) is 5.92 Å². The zero-order valence-electron chi connectivity index (χ0n) is 34.1. The van der Waals surface area contributed by atoms with Crippen molar-refractivity contribution in [1.82, 2.24) is 0 Å². The van der Waals surface area contributed by atoms with Gasteiger partial charge < -0.3 is 28.4 Å². The Kier molecular flexibility index (Phi) is 17.6. The number of furan rings is 2. The van der Waals surface area contributed by atoms with Gasteiger partial charge in [0.25, 0.3) is 0 Å². The molecule has 0 bridgehead atoms. The van der Waals surface area contributed by atoms with Gasteiger partial charge in [0, 0.05) is 65.4 Å². The fraction of sp³-hybridized carbons (Fsp3) is 0.421. The van der Waals surface area contributed by atoms with Crippen molar-refractivity contribution < 1.29 is 54.8 Å². The zero-order valence-corrected chi connectivity index (χ0v) is 39.7. The first-order chi connectivity index (χ1) is 27.6. The summed E-state index contributed by atoms with van der Waals surface area (Å²) < 4.78 is 72.5. The van der Waals surface area contributed by atoms with Gasteiger partial charge in [-0.05, 0) is 64.8 Å². The maximum atomic E-state index is 12.8. The normalized spacial score (nSPS) is 15.6. The number of Topliss-reactive ketones (excluding diaryl/α,β-unsaturated/α-hetero) is 2. The maximum Gasteiger partial charge on any atom is 0.235 e. The molecule has 2 aromatic carbocycles. The van der Waals surface area contributed by atoms with Gasteiger partial charge in [-0.1, -0.05) is 48.8 Å². The number of allylic oxidation sites excluding steroid dienone is 1. The van der Waals surface area contributed by atoms with Crippen LogP contribution in [0.15, 0.2) is 64.7 Å². The summed E-state index contributed by atoms with van der Waals surface area (Å²) >= 11 is 12.5. The van der Waals surface area contributed by atoms with Crippen molar-refractivity contribution in [3.63, 3.8) is 0 Å². The Morgan fingerprint density at radius 3 is 1.80 bits per heavy atom. The van der Waals surface area contributed by atoms with Crippen LogP contribution in [-0.4, -0.2) is 90.6 Å². The van der Waals surface area contributed by atoms with Gasteiger partial charge in [0.05, 0.1) is 53.8 Å². The minimum absolute atomic E-state index is 0.0629. The summed E-state index contributed by atoms with van der Waals surface area (Å²) in [7, 11) is -4.12. The number of nitrogens with zero attached hydrogens (tertiary/aromatic N) is 4. The van der Waals surface area contributed by atoms with Crippen molar-refractivity contribution in [3.05, 3.63) is 68.2 Å². The molecule has 1 N–H and O–H groups in total. The van der Waals surface area contributed by atoms with Crippen LogP contribution in [0.1, 0.15) is 86.6 Å². The third-order valence-electron chi connectivity index (χ3n) is 8.72. The molecule has 1 aliphatic heterocycles. The van der Waals surface area contributed by atoms with Gasteiger partial charge in [-0.25, -0.2) is 16.8 Å². The fourth-order valence-corrected chi connectivity index (χ4v) is 8.12. The van der Waals surface area contributed by atoms with E-state index < -0.39 is 26.3 Å². The van der Waals surface area contributed by atoms with Gasteiger partial charge in [-0.2, -0.15) is 0 Å². The SMILES string of the molecule is C/C=C/OCC.CCC(=O)c1c(/C(Cl)=N/O)oc2cc(N(C)S(C)(=O)=O)c(Br)cc12.CCOC1ON=C(c2oc3cc(N(C)S(C)(=O)=O)c(Br)cc3c2C(=O)CC)C1C. The lowest BCUT2D eigenvalue weighted by molar-refractivity contribution is -0.138. The fourth-order valence-electron chi connectivity index (χ4n) is 5.52. The van der Waals surface area contributed by atoms with Crippen molar-refractivity contribution in [1.29, 1.82) is 0 Å². The number of benzene rings is 2. The lowest BCUT2D eigenvalue weighted by Gasteiger charge is -2.18. The van der Waals surface area contributed by atoms with Gasteiger partial charge in [0.2, 0.25) is 31.5 Å². The highest BCUT2D eigenvalue weighted by molar-refractivity contribution is 9.11. The number of carbonyl (C=O) groups excluding carboxylic acids is 2. The molecular weight excluding hydrogens is 964 g/mol. The second-order valence-corrected chi connectivity index (χ2v) is 18.8. The molecule has 16 nitrogen and oxygen atoms in total. The number of halogens is 3. The van der Waals surface area contributed by atoms with Crippen molar-refractivity contribution in [2.24, 2.45) is 16.2 Å². The maximum absolute atomic E-state index is 12.8. The zero-order chi connectivity index (χ0) is 44.6. The van der Waals surface area contributed by atoms with Gasteiger partial charge in [0.15, 0.2) is 23.1 Å². The molecule has 2 unspecified atom stereocenters. The second-order valence-electron chi connectivity index (χ2n) is 12.7. The van der Waals surface area contributed by atoms with Gasteiger partial charge in [-0.15, -0.1) is 0 Å². The number of hydrogen-bond donors (Lipinski definition) is 1. The summed E-state index contributed by atoms with van der Waals surface area (Å²) in [6.45, 7) is 12.3. The molecule has 21 heteroatoms. The van der Waals surface area contributed by atoms with Crippen molar-refractivity contribution in [2.75, 3.05) is 48.4 Å². The molecule has 0 fully saturated rings. The highest BCUT2D eigenvalue weighted by Crippen LogP contribution is 2.39. The van der Waals surface area contributed by atoms with Gasteiger partial charge >= 0.3 is 0 Å². The lowest BCUT2D eigenvalue weighted by atomic mass is 9.96. The highest BCUT2D eigenvalue weighted by atomic mass is 79.9. The molecule has 59 heavy (non-hydrogen) atoms. The number of anilines is 2. The van der Waals surface area contributed by atoms with Gasteiger partial charge in [-0.3, -0.25) is 18.2 Å². The van der Waals surface area contributed by atoms with Crippen LogP contribution in [0.4, 0.5) is 11.4 Å². The third-order valence-corrected chi connectivity index (χ3v) is 12.6. The Hall–Kier alpha value is -3.95. The third kappa shape index (κ3) is 11.5. The topological polar surface area (TPSA) is 208 Å². The van der Waals surface area contributed by atoms with Gasteiger partial charge in [0.1, 0.15) is 16.9 Å². The number of sulfonamides is 2. The van der Waals surface area contributed by atoms with Crippen LogP contribution in [0.2, 0.25) is 0 Å². The van der Waals surface area contributed by atoms with Crippen LogP contribution in [-0.2, 0) is 34.4 Å². The van der Waals surface area contributed by atoms with E-state index in [1.807, 2.05) is 33.8 Å². The summed E-state index contributed by atoms with van der Waals surface area (Å²) in [5.74, 6) is -0.327. The molecule has 324 valence electrons. The Morgan fingerprint density at radius 2 is 1.37 bits per heavy atom. The van der Waals surface area contributed by atoms with E-state index in [1.165, 1.54) is 20.2 Å². The molecule has 0 amide bonds. The first-order valence-electron chi connectivity index (χ1n) is 18.1. The monoisotopic (exact) mass is 1010 g/mol. The molecule has 4 aromatic rings. The molecule has 0 saturated carbocycles. The number of rotatable bonds is 14. The Bertz CT molecular complexity index is 2500. The van der Waals surface area contributed by atoms with Crippen molar-refractivity contribution >= 4 is 119 Å². The molecule has 5 rings (SSSR count). The molecular formula is C38H47Br2ClN4O12S2. The van der Waals surface area contributed by atoms with E-state index in [0.29, 0.717) is 60.3 Å². The molecule has 0 spiro atoms. The summed E-state index contributed by atoms with van der Waals surface area (Å²) in [6, 6.07) is 6.34. The van der Waals surface area contributed by atoms with E-state index in [1.54, 1.807) is 38.3 Å². The van der Waals surface area contributed by atoms with E-state index in [0.717, 1.165) is 27.7 Å². The Morgan fingerprint density at radius 1 is 0.881 bits per heavy atom. The van der Waals surface area contributed by atoms with Crippen LogP contribution < -0.4 is 8.61 Å². The molecule has 2 aromatic heterocycles. The summed E-state index contributed by atoms with van der Waals surface area (Å²) in [5.41, 5.74) is 2.45. The first-order valence-corrected chi connectivity index (χ1v) is 23.7. The van der Waals surface area contributed by atoms with Crippen LogP contribution in [0.3, 0.4) is 0 Å². The molecule has 0 saturated heterocycles. The van der Waals surface area contributed by atoms with E-state index in [2.05, 4.69) is 42.2 Å². The van der Waals surface area contributed by atoms with Crippen LogP contribution in [0.25, 0.3) is 21.9 Å². The molecule has 1 aliphatic rings. The summed E-state index contributed by atoms with van der Waals surface area (Å²) in [5, 5.41) is 16.5. The number of hydrogen-bond acceptors (Lipinski definition) is 14. The molecule has 0 radical (unpaired) electrons. The van der Waals surface area contributed by atoms with Crippen molar-refractivity contribution in [3.8, 4) is 0 Å². The molecule has 3 heterocycles. The Labute approximate surface area is 365 Å². The molecule has 0 aliphatic carbocycles. The van der Waals surface area contributed by atoms with E-state index in [4.69, 9.17) is 40.0 Å². The summed E-state index contributed by atoms with van der Waals surface area (Å²) in [6.07, 6.45) is 5.65. The van der Waals surface area contributed by atoms with Crippen LogP contribution >= 0.6 is 43.5 Å². The Balaban J connectivity index is 0.000000281. The summed E-state index contributed by atoms with van der Waals surface area (Å²) in [4.78, 5) is 30.4. The predicted octanol–water partition coefficient (Wildman–Crippen LogP) is 9.03. The van der Waals surface area contributed by atoms with E-state index >= 15 is 0 Å². The first kappa shape index (κ1) is 49.4. The van der Waals surface area contributed by atoms with E-state index in [-0.39, 0.29) is 52.4 Å². The van der Waals surface area contributed by atoms with Crippen molar-refractivity contribution in [2.45, 2.75) is 60.7 Å². The highest BCUT2D eigenvalue weighted by Gasteiger charge is 2.37. The van der Waals surface area contributed by atoms with Crippen LogP contribution in [0.5, 0.6) is 0 Å². The number of oxime groups is 2.